The van der Waals surface area contributed by atoms with Crippen LogP contribution < -0.4 is 0 Å². The van der Waals surface area contributed by atoms with Gasteiger partial charge >= 0.3 is 5.97 Å². The highest BCUT2D eigenvalue weighted by molar-refractivity contribution is 6.06. The molecule has 0 spiro atoms. The van der Waals surface area contributed by atoms with Crippen LogP contribution in [0.3, 0.4) is 0 Å². The van der Waals surface area contributed by atoms with E-state index in [1.165, 1.54) is 10.7 Å². The number of rotatable bonds is 3. The molecule has 1 heterocycles. The maximum Gasteiger partial charge on any atom is 0.340 e. The predicted molar refractivity (Wildman–Crippen MR) is 76.8 cm³/mol. The number of aromatic nitrogens is 1. The lowest BCUT2D eigenvalue weighted by Gasteiger charge is -2.03. The van der Waals surface area contributed by atoms with Crippen LogP contribution in [0.5, 0.6) is 0 Å². The standard InChI is InChI=1S/C15H17FN2O2/c1-5-20-15(19)13-10(4)18(17-9(2)3)14-11(13)7-6-8-12(14)16/h6-8H,5H2,1-4H3. The van der Waals surface area contributed by atoms with Gasteiger partial charge in [-0.1, -0.05) is 12.1 Å². The summed E-state index contributed by atoms with van der Waals surface area (Å²) in [5, 5.41) is 4.82. The number of benzene rings is 1. The van der Waals surface area contributed by atoms with Crippen LogP contribution in [0.4, 0.5) is 4.39 Å². The Morgan fingerprint density at radius 3 is 2.70 bits per heavy atom. The molecule has 2 aromatic rings. The van der Waals surface area contributed by atoms with E-state index in [2.05, 4.69) is 5.10 Å². The van der Waals surface area contributed by atoms with Gasteiger partial charge in [-0.15, -0.1) is 0 Å². The van der Waals surface area contributed by atoms with Gasteiger partial charge < -0.3 is 4.74 Å². The topological polar surface area (TPSA) is 43.6 Å². The molecule has 0 atom stereocenters. The lowest BCUT2D eigenvalue weighted by atomic mass is 10.1. The van der Waals surface area contributed by atoms with Crippen molar-refractivity contribution >= 4 is 22.6 Å². The molecule has 0 fully saturated rings. The Hall–Kier alpha value is -2.17. The maximum absolute atomic E-state index is 14.1. The number of carbonyl (C=O) groups excluding carboxylic acids is 1. The highest BCUT2D eigenvalue weighted by Crippen LogP contribution is 2.28. The molecule has 1 aromatic carbocycles. The van der Waals surface area contributed by atoms with Crippen molar-refractivity contribution in [2.75, 3.05) is 6.61 Å². The summed E-state index contributed by atoms with van der Waals surface area (Å²) in [4.78, 5) is 12.1. The minimum Gasteiger partial charge on any atom is -0.462 e. The second-order valence-electron chi connectivity index (χ2n) is 4.68. The summed E-state index contributed by atoms with van der Waals surface area (Å²) in [5.41, 5.74) is 2.01. The molecule has 0 radical (unpaired) electrons. The molecule has 0 saturated heterocycles. The second kappa shape index (κ2) is 5.45. The number of nitrogens with zero attached hydrogens (tertiary/aromatic N) is 2. The first kappa shape index (κ1) is 14.2. The third-order valence-corrected chi connectivity index (χ3v) is 2.93. The minimum absolute atomic E-state index is 0.274. The zero-order chi connectivity index (χ0) is 14.9. The van der Waals surface area contributed by atoms with Gasteiger partial charge in [-0.25, -0.2) is 13.9 Å². The monoisotopic (exact) mass is 276 g/mol. The molecule has 0 aliphatic heterocycles. The lowest BCUT2D eigenvalue weighted by molar-refractivity contribution is 0.0527. The van der Waals surface area contributed by atoms with E-state index in [9.17, 15) is 9.18 Å². The van der Waals surface area contributed by atoms with Gasteiger partial charge in [0.1, 0.15) is 11.3 Å². The number of para-hydroxylation sites is 1. The average Bonchev–Trinajstić information content (AvgIpc) is 2.63. The maximum atomic E-state index is 14.1. The molecule has 0 aliphatic carbocycles. The van der Waals surface area contributed by atoms with Crippen molar-refractivity contribution in [2.45, 2.75) is 27.7 Å². The Morgan fingerprint density at radius 1 is 1.40 bits per heavy atom. The first-order chi connectivity index (χ1) is 9.47. The van der Waals surface area contributed by atoms with Gasteiger partial charge in [-0.2, -0.15) is 5.10 Å². The van der Waals surface area contributed by atoms with Crippen molar-refractivity contribution < 1.29 is 13.9 Å². The zero-order valence-corrected chi connectivity index (χ0v) is 12.0. The molecule has 0 saturated carbocycles. The Bertz CT molecular complexity index is 697. The minimum atomic E-state index is -0.455. The Balaban J connectivity index is 2.83. The molecule has 4 nitrogen and oxygen atoms in total. The summed E-state index contributed by atoms with van der Waals surface area (Å²) in [6, 6.07) is 4.63. The molecule has 0 bridgehead atoms. The van der Waals surface area contributed by atoms with Crippen LogP contribution in [0.1, 0.15) is 36.8 Å². The van der Waals surface area contributed by atoms with E-state index < -0.39 is 11.8 Å². The molecular weight excluding hydrogens is 259 g/mol. The highest BCUT2D eigenvalue weighted by atomic mass is 19.1. The van der Waals surface area contributed by atoms with E-state index in [0.29, 0.717) is 22.2 Å². The van der Waals surface area contributed by atoms with Crippen molar-refractivity contribution in [1.29, 1.82) is 0 Å². The van der Waals surface area contributed by atoms with Crippen LogP contribution in [-0.4, -0.2) is 23.0 Å². The van der Waals surface area contributed by atoms with Gasteiger partial charge in [0.05, 0.1) is 17.9 Å². The zero-order valence-electron chi connectivity index (χ0n) is 12.0. The summed E-state index contributed by atoms with van der Waals surface area (Å²) < 4.78 is 20.6. The largest absolute Gasteiger partial charge is 0.462 e. The average molecular weight is 276 g/mol. The number of fused-ring (bicyclic) bond motifs is 1. The number of carbonyl (C=O) groups is 1. The van der Waals surface area contributed by atoms with E-state index in [-0.39, 0.29) is 6.61 Å². The summed E-state index contributed by atoms with van der Waals surface area (Å²) in [5.74, 6) is -0.866. The van der Waals surface area contributed by atoms with E-state index in [1.54, 1.807) is 26.0 Å². The van der Waals surface area contributed by atoms with Crippen LogP contribution in [0.25, 0.3) is 10.9 Å². The van der Waals surface area contributed by atoms with E-state index in [1.807, 2.05) is 13.8 Å². The molecule has 0 amide bonds. The van der Waals surface area contributed by atoms with E-state index >= 15 is 0 Å². The van der Waals surface area contributed by atoms with Crippen molar-refractivity contribution in [3.63, 3.8) is 0 Å². The fourth-order valence-corrected chi connectivity index (χ4v) is 2.19. The van der Waals surface area contributed by atoms with Crippen LogP contribution in [-0.2, 0) is 4.74 Å². The van der Waals surface area contributed by atoms with Gasteiger partial charge in [0.15, 0.2) is 0 Å². The van der Waals surface area contributed by atoms with E-state index in [0.717, 1.165) is 5.71 Å². The van der Waals surface area contributed by atoms with Crippen LogP contribution >= 0.6 is 0 Å². The van der Waals surface area contributed by atoms with Gasteiger partial charge in [0.25, 0.3) is 0 Å². The van der Waals surface area contributed by atoms with Gasteiger partial charge in [0, 0.05) is 11.1 Å². The third-order valence-electron chi connectivity index (χ3n) is 2.93. The molecule has 5 heteroatoms. The molecule has 1 aromatic heterocycles. The Morgan fingerprint density at radius 2 is 2.10 bits per heavy atom. The lowest BCUT2D eigenvalue weighted by Crippen LogP contribution is -2.06. The Labute approximate surface area is 116 Å². The van der Waals surface area contributed by atoms with Crippen molar-refractivity contribution in [3.05, 3.63) is 35.3 Å². The summed E-state index contributed by atoms with van der Waals surface area (Å²) in [7, 11) is 0. The first-order valence-electron chi connectivity index (χ1n) is 6.46. The van der Waals surface area contributed by atoms with Crippen LogP contribution in [0.15, 0.2) is 23.3 Å². The van der Waals surface area contributed by atoms with Gasteiger partial charge in [0.2, 0.25) is 0 Å². The summed E-state index contributed by atoms with van der Waals surface area (Å²) in [6.45, 7) is 7.38. The number of ether oxygens (including phenoxy) is 1. The number of hydrogen-bond donors (Lipinski definition) is 0. The number of halogens is 1. The van der Waals surface area contributed by atoms with Gasteiger partial charge in [-0.3, -0.25) is 0 Å². The molecule has 2 rings (SSSR count). The first-order valence-corrected chi connectivity index (χ1v) is 6.46. The number of esters is 1. The second-order valence-corrected chi connectivity index (χ2v) is 4.68. The van der Waals surface area contributed by atoms with Crippen molar-refractivity contribution in [3.8, 4) is 0 Å². The quantitative estimate of drug-likeness (QED) is 0.636. The number of hydrogen-bond acceptors (Lipinski definition) is 3. The predicted octanol–water partition coefficient (Wildman–Crippen LogP) is 3.51. The SMILES string of the molecule is CCOC(=O)c1c(C)n(N=C(C)C)c2c(F)cccc12. The molecule has 0 N–H and O–H groups in total. The molecular formula is C15H17FN2O2. The smallest absolute Gasteiger partial charge is 0.340 e. The molecule has 20 heavy (non-hydrogen) atoms. The van der Waals surface area contributed by atoms with Crippen LogP contribution in [0.2, 0.25) is 0 Å². The third kappa shape index (κ3) is 2.31. The molecule has 106 valence electrons. The van der Waals surface area contributed by atoms with Crippen molar-refractivity contribution in [1.82, 2.24) is 4.68 Å². The summed E-state index contributed by atoms with van der Waals surface area (Å²) >= 11 is 0. The Kier molecular flexibility index (Phi) is 3.88. The van der Waals surface area contributed by atoms with Crippen LogP contribution in [0, 0.1) is 12.7 Å². The summed E-state index contributed by atoms with van der Waals surface area (Å²) in [6.07, 6.45) is 0. The van der Waals surface area contributed by atoms with Crippen molar-refractivity contribution in [2.24, 2.45) is 5.10 Å². The highest BCUT2D eigenvalue weighted by Gasteiger charge is 2.22. The fraction of sp³-hybridized carbons (Fsp3) is 0.333. The normalized spacial score (nSPS) is 10.7. The molecule has 0 aliphatic rings. The fourth-order valence-electron chi connectivity index (χ4n) is 2.19. The van der Waals surface area contributed by atoms with Gasteiger partial charge in [-0.05, 0) is 33.8 Å². The van der Waals surface area contributed by atoms with E-state index in [4.69, 9.17) is 4.74 Å². The molecule has 0 unspecified atom stereocenters.